The van der Waals surface area contributed by atoms with Gasteiger partial charge in [0.25, 0.3) is 0 Å². The summed E-state index contributed by atoms with van der Waals surface area (Å²) in [4.78, 5) is 0. The SMILES string of the molecule is Oc1c(C2CCCCCC2)cc(Oc2cc(C3CCCCCC3)c(O)c(C3CCCCCC3)c2)cc1C1CCCCCC1. The van der Waals surface area contributed by atoms with E-state index in [-0.39, 0.29) is 0 Å². The van der Waals surface area contributed by atoms with Crippen molar-refractivity contribution in [2.45, 2.75) is 178 Å². The molecule has 43 heavy (non-hydrogen) atoms. The first-order valence-electron chi connectivity index (χ1n) is 18.6. The fraction of sp³-hybridized carbons (Fsp3) is 0.700. The molecule has 0 aliphatic heterocycles. The monoisotopic (exact) mass is 586 g/mol. The van der Waals surface area contributed by atoms with Gasteiger partial charge in [-0.3, -0.25) is 0 Å². The first-order valence-corrected chi connectivity index (χ1v) is 18.6. The highest BCUT2D eigenvalue weighted by atomic mass is 16.5. The number of phenols is 2. The molecule has 0 atom stereocenters. The largest absolute Gasteiger partial charge is 0.507 e. The summed E-state index contributed by atoms with van der Waals surface area (Å²) >= 11 is 0. The van der Waals surface area contributed by atoms with Gasteiger partial charge in [0.05, 0.1) is 0 Å². The van der Waals surface area contributed by atoms with E-state index in [4.69, 9.17) is 4.74 Å². The Bertz CT molecular complexity index is 979. The maximum atomic E-state index is 11.8. The van der Waals surface area contributed by atoms with E-state index in [1.54, 1.807) is 0 Å². The number of benzene rings is 2. The first-order chi connectivity index (χ1) is 21.2. The van der Waals surface area contributed by atoms with E-state index >= 15 is 0 Å². The van der Waals surface area contributed by atoms with E-state index in [1.165, 1.54) is 103 Å². The van der Waals surface area contributed by atoms with Crippen molar-refractivity contribution in [3.8, 4) is 23.0 Å². The molecule has 3 nitrogen and oxygen atoms in total. The molecule has 0 heterocycles. The fourth-order valence-corrected chi connectivity index (χ4v) is 9.16. The molecular formula is C40H58O3. The molecule has 0 aromatic heterocycles. The quantitative estimate of drug-likeness (QED) is 0.331. The number of ether oxygens (including phenoxy) is 1. The molecular weight excluding hydrogens is 528 g/mol. The Hall–Kier alpha value is -2.16. The Balaban J connectivity index is 1.39. The van der Waals surface area contributed by atoms with Crippen LogP contribution in [0.1, 0.15) is 200 Å². The minimum Gasteiger partial charge on any atom is -0.507 e. The number of hydrogen-bond acceptors (Lipinski definition) is 3. The van der Waals surface area contributed by atoms with Crippen LogP contribution in [0.5, 0.6) is 23.0 Å². The molecule has 0 amide bonds. The van der Waals surface area contributed by atoms with Crippen LogP contribution < -0.4 is 4.74 Å². The smallest absolute Gasteiger partial charge is 0.128 e. The van der Waals surface area contributed by atoms with Crippen molar-refractivity contribution in [3.05, 3.63) is 46.5 Å². The van der Waals surface area contributed by atoms with E-state index in [0.717, 1.165) is 85.1 Å². The summed E-state index contributed by atoms with van der Waals surface area (Å²) in [6.07, 6.45) is 29.8. The lowest BCUT2D eigenvalue weighted by Gasteiger charge is -2.25. The maximum Gasteiger partial charge on any atom is 0.128 e. The van der Waals surface area contributed by atoms with Gasteiger partial charge in [-0.05, 0) is 99.3 Å². The lowest BCUT2D eigenvalue weighted by molar-refractivity contribution is 0.420. The van der Waals surface area contributed by atoms with Gasteiger partial charge >= 0.3 is 0 Å². The Morgan fingerprint density at radius 2 is 0.558 bits per heavy atom. The predicted octanol–water partition coefficient (Wildman–Crippen LogP) is 12.6. The van der Waals surface area contributed by atoms with Gasteiger partial charge in [0.15, 0.2) is 0 Å². The number of rotatable bonds is 6. The van der Waals surface area contributed by atoms with E-state index in [2.05, 4.69) is 24.3 Å². The molecule has 4 fully saturated rings. The van der Waals surface area contributed by atoms with Crippen molar-refractivity contribution in [3.63, 3.8) is 0 Å². The Morgan fingerprint density at radius 1 is 0.349 bits per heavy atom. The number of hydrogen-bond donors (Lipinski definition) is 2. The molecule has 0 saturated heterocycles. The van der Waals surface area contributed by atoms with Crippen LogP contribution in [0.15, 0.2) is 24.3 Å². The third-order valence-corrected chi connectivity index (χ3v) is 11.7. The van der Waals surface area contributed by atoms with Gasteiger partial charge in [-0.1, -0.05) is 103 Å². The Labute approximate surface area is 261 Å². The molecule has 2 aromatic rings. The van der Waals surface area contributed by atoms with Crippen LogP contribution in [-0.4, -0.2) is 10.2 Å². The van der Waals surface area contributed by atoms with Crippen molar-refractivity contribution in [1.82, 2.24) is 0 Å². The van der Waals surface area contributed by atoms with Crippen molar-refractivity contribution < 1.29 is 14.9 Å². The number of aromatic hydroxyl groups is 2. The second-order valence-corrected chi connectivity index (χ2v) is 14.8. The zero-order valence-electron chi connectivity index (χ0n) is 26.9. The van der Waals surface area contributed by atoms with Crippen LogP contribution in [-0.2, 0) is 0 Å². The van der Waals surface area contributed by atoms with Crippen molar-refractivity contribution >= 4 is 0 Å². The lowest BCUT2D eigenvalue weighted by atomic mass is 9.84. The Kier molecular flexibility index (Phi) is 10.9. The second-order valence-electron chi connectivity index (χ2n) is 14.8. The molecule has 4 aliphatic carbocycles. The highest BCUT2D eigenvalue weighted by molar-refractivity contribution is 5.54. The summed E-state index contributed by atoms with van der Waals surface area (Å²) in [6.45, 7) is 0. The zero-order valence-corrected chi connectivity index (χ0v) is 26.9. The van der Waals surface area contributed by atoms with Gasteiger partial charge in [0.1, 0.15) is 23.0 Å². The molecule has 2 aromatic carbocycles. The van der Waals surface area contributed by atoms with E-state index in [0.29, 0.717) is 35.2 Å². The van der Waals surface area contributed by atoms with E-state index in [1.807, 2.05) is 0 Å². The van der Waals surface area contributed by atoms with Crippen molar-refractivity contribution in [2.24, 2.45) is 0 Å². The van der Waals surface area contributed by atoms with Gasteiger partial charge in [-0.2, -0.15) is 0 Å². The van der Waals surface area contributed by atoms with Gasteiger partial charge in [-0.15, -0.1) is 0 Å². The molecule has 0 unspecified atom stereocenters. The summed E-state index contributed by atoms with van der Waals surface area (Å²) in [7, 11) is 0. The summed E-state index contributed by atoms with van der Waals surface area (Å²) < 4.78 is 6.92. The zero-order chi connectivity index (χ0) is 29.4. The van der Waals surface area contributed by atoms with E-state index < -0.39 is 0 Å². The van der Waals surface area contributed by atoms with Crippen molar-refractivity contribution in [2.75, 3.05) is 0 Å². The normalized spacial score (nSPS) is 22.8. The molecule has 0 radical (unpaired) electrons. The average Bonchev–Trinajstić information content (AvgIpc) is 3.64. The first kappa shape index (κ1) is 30.8. The molecule has 236 valence electrons. The predicted molar refractivity (Wildman–Crippen MR) is 178 cm³/mol. The summed E-state index contributed by atoms with van der Waals surface area (Å²) in [5, 5.41) is 23.6. The van der Waals surface area contributed by atoms with Gasteiger partial charge in [0.2, 0.25) is 0 Å². The van der Waals surface area contributed by atoms with Crippen LogP contribution in [0.25, 0.3) is 0 Å². The highest BCUT2D eigenvalue weighted by Crippen LogP contribution is 2.48. The molecule has 3 heteroatoms. The van der Waals surface area contributed by atoms with Crippen LogP contribution in [0, 0.1) is 0 Å². The topological polar surface area (TPSA) is 49.7 Å². The average molecular weight is 587 g/mol. The molecule has 0 bridgehead atoms. The van der Waals surface area contributed by atoms with E-state index in [9.17, 15) is 10.2 Å². The van der Waals surface area contributed by atoms with Crippen LogP contribution in [0.4, 0.5) is 0 Å². The van der Waals surface area contributed by atoms with Crippen LogP contribution >= 0.6 is 0 Å². The van der Waals surface area contributed by atoms with Crippen molar-refractivity contribution in [1.29, 1.82) is 0 Å². The maximum absolute atomic E-state index is 11.8. The third kappa shape index (κ3) is 7.74. The minimum absolute atomic E-state index is 0.415. The highest BCUT2D eigenvalue weighted by Gasteiger charge is 2.28. The molecule has 2 N–H and O–H groups in total. The van der Waals surface area contributed by atoms with Gasteiger partial charge in [-0.25, -0.2) is 0 Å². The van der Waals surface area contributed by atoms with Gasteiger partial charge in [0, 0.05) is 22.3 Å². The summed E-state index contributed by atoms with van der Waals surface area (Å²) in [5.41, 5.74) is 4.52. The van der Waals surface area contributed by atoms with Crippen LogP contribution in [0.2, 0.25) is 0 Å². The molecule has 4 aliphatic rings. The lowest BCUT2D eigenvalue weighted by Crippen LogP contribution is -2.06. The molecule has 6 rings (SSSR count). The summed E-state index contributed by atoms with van der Waals surface area (Å²) in [5.74, 6) is 4.57. The molecule has 0 spiro atoms. The summed E-state index contributed by atoms with van der Waals surface area (Å²) in [6, 6.07) is 8.76. The third-order valence-electron chi connectivity index (χ3n) is 11.7. The fourth-order valence-electron chi connectivity index (χ4n) is 9.16. The van der Waals surface area contributed by atoms with Gasteiger partial charge < -0.3 is 14.9 Å². The Morgan fingerprint density at radius 3 is 0.767 bits per heavy atom. The standard InChI is InChI=1S/C40H58O3/c41-39-35(29-17-9-1-2-10-18-29)25-33(26-36(39)30-19-11-3-4-12-20-30)43-34-27-37(31-21-13-5-6-14-22-31)40(42)38(28-34)32-23-15-7-8-16-24-32/h25-32,41-42H,1-24H2. The molecule has 4 saturated carbocycles. The van der Waals surface area contributed by atoms with Crippen LogP contribution in [0.3, 0.4) is 0 Å². The minimum atomic E-state index is 0.415. The second kappa shape index (κ2) is 15.2. The number of phenolic OH excluding ortho intramolecular Hbond substituents is 2.